The van der Waals surface area contributed by atoms with Crippen LogP contribution in [0.4, 0.5) is 0 Å². The Kier molecular flexibility index (Phi) is 6.89. The molecule has 0 bridgehead atoms. The molecule has 0 radical (unpaired) electrons. The highest BCUT2D eigenvalue weighted by molar-refractivity contribution is 5.98. The van der Waals surface area contributed by atoms with Crippen LogP contribution in [0.5, 0.6) is 5.75 Å². The summed E-state index contributed by atoms with van der Waals surface area (Å²) in [6.45, 7) is 9.31. The fraction of sp³-hybridized carbons (Fsp3) is 0.208. The number of imidazole rings is 1. The van der Waals surface area contributed by atoms with E-state index >= 15 is 0 Å². The lowest BCUT2D eigenvalue weighted by Gasteiger charge is -2.22. The first-order valence-electron chi connectivity index (χ1n) is 24.1. The van der Waals surface area contributed by atoms with Crippen LogP contribution in [-0.2, 0) is 10.8 Å². The molecule has 1 N–H and O–H groups in total. The number of aromatic nitrogens is 3. The van der Waals surface area contributed by atoms with Crippen molar-refractivity contribution in [3.8, 4) is 67.5 Å². The fourth-order valence-corrected chi connectivity index (χ4v) is 7.28. The Balaban J connectivity index is 1.42. The molecule has 0 spiro atoms. The highest BCUT2D eigenvalue weighted by Gasteiger charge is 2.26. The summed E-state index contributed by atoms with van der Waals surface area (Å²) < 4.78 is 85.3. The third-order valence-electron chi connectivity index (χ3n) is 10.5. The maximum absolute atomic E-state index is 12.0. The van der Waals surface area contributed by atoms with E-state index in [1.54, 1.807) is 24.3 Å². The molecule has 0 fully saturated rings. The van der Waals surface area contributed by atoms with Crippen LogP contribution in [0, 0.1) is 20.6 Å². The van der Waals surface area contributed by atoms with E-state index in [0.29, 0.717) is 56.1 Å². The molecule has 0 unspecified atom stereocenters. The van der Waals surface area contributed by atoms with E-state index in [9.17, 15) is 5.11 Å². The molecule has 0 aliphatic heterocycles. The monoisotopic (exact) mass is 755 g/mol. The molecular weight excluding hydrogens is 695 g/mol. The number of benzene rings is 6. The SMILES string of the molecule is [2H]c1c([2H])c(C([2H])([2H])[2H])c([2H])c([2H])c1-c1ccnc(-c2cc(-c3cccc4c3nc(-c3cc(C(C)(C)C)cc(C)c3O)n4-c3ccc(C([2H])([2H])[2H])cc3-c3ccccc3)cc(C(C)(C)C)c2)c1. The Morgan fingerprint density at radius 1 is 0.596 bits per heavy atom. The Morgan fingerprint density at radius 2 is 1.32 bits per heavy atom. The molecule has 0 aliphatic rings. The minimum atomic E-state index is -2.84. The summed E-state index contributed by atoms with van der Waals surface area (Å²) in [5, 5.41) is 12.0. The third kappa shape index (κ3) is 7.29. The molecule has 0 saturated heterocycles. The minimum Gasteiger partial charge on any atom is -0.507 e. The lowest BCUT2D eigenvalue weighted by molar-refractivity contribution is 0.471. The molecule has 8 aromatic rings. The van der Waals surface area contributed by atoms with Crippen molar-refractivity contribution in [2.24, 2.45) is 0 Å². The summed E-state index contributed by atoms with van der Waals surface area (Å²) >= 11 is 0. The molecule has 0 atom stereocenters. The van der Waals surface area contributed by atoms with Crippen LogP contribution in [0.3, 0.4) is 0 Å². The lowest BCUT2D eigenvalue weighted by atomic mass is 9.83. The zero-order chi connectivity index (χ0) is 48.7. The second-order valence-corrected chi connectivity index (χ2v) is 16.7. The summed E-state index contributed by atoms with van der Waals surface area (Å²) in [5.74, 6) is 0.531. The van der Waals surface area contributed by atoms with Gasteiger partial charge in [0, 0.05) is 31.1 Å². The van der Waals surface area contributed by atoms with Gasteiger partial charge in [0.2, 0.25) is 0 Å². The van der Waals surface area contributed by atoms with Gasteiger partial charge in [0.1, 0.15) is 11.6 Å². The van der Waals surface area contributed by atoms with Crippen molar-refractivity contribution in [1.29, 1.82) is 0 Å². The first-order valence-corrected chi connectivity index (χ1v) is 19.1. The van der Waals surface area contributed by atoms with Crippen LogP contribution >= 0.6 is 0 Å². The molecule has 0 aliphatic carbocycles. The number of nitrogens with zero attached hydrogens (tertiary/aromatic N) is 3. The van der Waals surface area contributed by atoms with Crippen molar-refractivity contribution >= 4 is 11.0 Å². The van der Waals surface area contributed by atoms with Crippen molar-refractivity contribution in [2.75, 3.05) is 0 Å². The van der Waals surface area contributed by atoms with E-state index < -0.39 is 43.4 Å². The average Bonchev–Trinajstić information content (AvgIpc) is 3.65. The molecule has 0 saturated carbocycles. The van der Waals surface area contributed by atoms with E-state index in [4.69, 9.17) is 23.7 Å². The van der Waals surface area contributed by atoms with E-state index in [2.05, 4.69) is 47.6 Å². The molecular formula is C53H51N3O. The van der Waals surface area contributed by atoms with Crippen LogP contribution in [-0.4, -0.2) is 19.6 Å². The normalized spacial score (nSPS) is 15.0. The van der Waals surface area contributed by atoms with Gasteiger partial charge >= 0.3 is 0 Å². The smallest absolute Gasteiger partial charge is 0.149 e. The summed E-state index contributed by atoms with van der Waals surface area (Å²) in [6.07, 6.45) is 1.54. The summed E-state index contributed by atoms with van der Waals surface area (Å²) in [6, 6.07) is 31.9. The van der Waals surface area contributed by atoms with Crippen molar-refractivity contribution in [1.82, 2.24) is 14.5 Å². The van der Waals surface area contributed by atoms with Gasteiger partial charge in [0.05, 0.1) is 33.5 Å². The number of hydrogen-bond donors (Lipinski definition) is 1. The summed E-state index contributed by atoms with van der Waals surface area (Å²) in [7, 11) is 0. The number of fused-ring (bicyclic) bond motifs is 1. The number of phenolic OH excluding ortho intramolecular Hbond substituents is 1. The molecule has 8 rings (SSSR count). The average molecular weight is 756 g/mol. The van der Waals surface area contributed by atoms with Gasteiger partial charge in [-0.05, 0) is 119 Å². The van der Waals surface area contributed by atoms with Crippen molar-refractivity contribution in [3.63, 3.8) is 0 Å². The van der Waals surface area contributed by atoms with Gasteiger partial charge in [-0.2, -0.15) is 0 Å². The number of phenols is 1. The maximum atomic E-state index is 12.0. The summed E-state index contributed by atoms with van der Waals surface area (Å²) in [5.41, 5.74) is 8.60. The van der Waals surface area contributed by atoms with Crippen LogP contribution in [0.25, 0.3) is 72.7 Å². The minimum absolute atomic E-state index is 0.0301. The molecule has 0 amide bonds. The topological polar surface area (TPSA) is 50.9 Å². The van der Waals surface area contributed by atoms with Crippen molar-refractivity contribution in [3.05, 3.63) is 167 Å². The quantitative estimate of drug-likeness (QED) is 0.184. The first kappa shape index (κ1) is 27.4. The molecule has 6 aromatic carbocycles. The number of pyridine rings is 1. The summed E-state index contributed by atoms with van der Waals surface area (Å²) in [4.78, 5) is 10.2. The number of para-hydroxylation sites is 1. The molecule has 2 heterocycles. The zero-order valence-corrected chi connectivity index (χ0v) is 33.3. The fourth-order valence-electron chi connectivity index (χ4n) is 7.28. The van der Waals surface area contributed by atoms with Gasteiger partial charge in [-0.25, -0.2) is 4.98 Å². The zero-order valence-electron chi connectivity index (χ0n) is 43.3. The Labute approximate surface area is 351 Å². The Hall–Kier alpha value is -6.26. The number of aryl methyl sites for hydroxylation is 2. The maximum Gasteiger partial charge on any atom is 0.149 e. The van der Waals surface area contributed by atoms with Crippen LogP contribution in [0.15, 0.2) is 140 Å². The second-order valence-electron chi connectivity index (χ2n) is 16.7. The molecule has 4 heteroatoms. The Morgan fingerprint density at radius 3 is 2.04 bits per heavy atom. The van der Waals surface area contributed by atoms with Crippen LogP contribution in [0.2, 0.25) is 0 Å². The standard InChI is InChI=1S/C53H51N3O/c1-33-18-21-36(22-19-33)38-24-25-54-46(31-38)40-28-39(29-42(30-40)53(7,8)9)43-16-13-17-48-49(43)55-51(45-32-41(52(4,5)6)27-35(3)50(45)57)56(48)47-23-20-34(2)26-44(47)37-14-11-10-12-15-37/h10-32,57H,1-9H3/i1D3,2D3,18D,19D,21D,22D. The van der Waals surface area contributed by atoms with Gasteiger partial charge in [0.15, 0.2) is 0 Å². The van der Waals surface area contributed by atoms with E-state index in [-0.39, 0.29) is 27.7 Å². The highest BCUT2D eigenvalue weighted by atomic mass is 16.3. The Bertz CT molecular complexity index is 3220. The van der Waals surface area contributed by atoms with Gasteiger partial charge in [-0.1, -0.05) is 138 Å². The van der Waals surface area contributed by atoms with Crippen molar-refractivity contribution in [2.45, 2.75) is 73.0 Å². The number of hydrogen-bond acceptors (Lipinski definition) is 3. The molecule has 4 nitrogen and oxygen atoms in total. The van der Waals surface area contributed by atoms with Crippen LogP contribution < -0.4 is 0 Å². The first-order chi connectivity index (χ1) is 31.3. The van der Waals surface area contributed by atoms with Gasteiger partial charge in [-0.15, -0.1) is 0 Å². The molecule has 57 heavy (non-hydrogen) atoms. The van der Waals surface area contributed by atoms with Crippen molar-refractivity contribution < 1.29 is 18.8 Å². The predicted octanol–water partition coefficient (Wildman–Crippen LogP) is 14.0. The van der Waals surface area contributed by atoms with E-state index in [1.807, 2.05) is 90.4 Å². The van der Waals surface area contributed by atoms with Gasteiger partial charge < -0.3 is 5.11 Å². The van der Waals surface area contributed by atoms with Gasteiger partial charge in [-0.3, -0.25) is 9.55 Å². The highest BCUT2D eigenvalue weighted by Crippen LogP contribution is 2.43. The molecule has 2 aromatic heterocycles. The van der Waals surface area contributed by atoms with E-state index in [0.717, 1.165) is 27.8 Å². The lowest BCUT2D eigenvalue weighted by Crippen LogP contribution is -2.12. The number of rotatable bonds is 6. The van der Waals surface area contributed by atoms with E-state index in [1.165, 1.54) is 6.20 Å². The number of aromatic hydroxyl groups is 1. The largest absolute Gasteiger partial charge is 0.507 e. The second kappa shape index (κ2) is 14.4. The molecule has 284 valence electrons. The van der Waals surface area contributed by atoms with Gasteiger partial charge in [0.25, 0.3) is 0 Å². The third-order valence-corrected chi connectivity index (χ3v) is 10.5. The predicted molar refractivity (Wildman–Crippen MR) is 239 cm³/mol. The van der Waals surface area contributed by atoms with Crippen LogP contribution in [0.1, 0.15) is 83.1 Å².